The molecule has 2 aliphatic heterocycles. The van der Waals surface area contributed by atoms with E-state index in [2.05, 4.69) is 4.90 Å². The van der Waals surface area contributed by atoms with Gasteiger partial charge in [-0.15, -0.1) is 0 Å². The second kappa shape index (κ2) is 9.44. The Bertz CT molecular complexity index is 573. The number of amides is 1. The lowest BCUT2D eigenvalue weighted by Gasteiger charge is -2.35. The van der Waals surface area contributed by atoms with E-state index in [1.165, 1.54) is 12.1 Å². The summed E-state index contributed by atoms with van der Waals surface area (Å²) in [4.78, 5) is 17.2. The van der Waals surface area contributed by atoms with Crippen LogP contribution in [0.2, 0.25) is 0 Å². The molecule has 1 aromatic rings. The molecular formula is C20H30FN3O2. The Morgan fingerprint density at radius 3 is 2.58 bits per heavy atom. The van der Waals surface area contributed by atoms with Crippen LogP contribution in [0.25, 0.3) is 0 Å². The van der Waals surface area contributed by atoms with Gasteiger partial charge in [0, 0.05) is 26.2 Å². The number of benzene rings is 1. The highest BCUT2D eigenvalue weighted by molar-refractivity contribution is 5.82. The molecule has 2 aliphatic rings. The van der Waals surface area contributed by atoms with E-state index in [0.29, 0.717) is 19.7 Å². The molecule has 0 aromatic heterocycles. The molecule has 2 heterocycles. The first-order valence-corrected chi connectivity index (χ1v) is 9.76. The quantitative estimate of drug-likeness (QED) is 0.754. The average Bonchev–Trinajstić information content (AvgIpc) is 3.12. The van der Waals surface area contributed by atoms with Gasteiger partial charge in [0.15, 0.2) is 0 Å². The molecule has 0 aliphatic carbocycles. The van der Waals surface area contributed by atoms with Crippen molar-refractivity contribution < 1.29 is 13.9 Å². The molecule has 1 aromatic carbocycles. The van der Waals surface area contributed by atoms with Crippen molar-refractivity contribution in [3.63, 3.8) is 0 Å². The molecule has 144 valence electrons. The SMILES string of the molecule is NCCCOC1CCN(C(=O)C2CCCN2Cc2ccc(F)cc2)CC1. The van der Waals surface area contributed by atoms with Crippen LogP contribution in [-0.4, -0.2) is 60.6 Å². The van der Waals surface area contributed by atoms with Crippen LogP contribution in [0.3, 0.4) is 0 Å². The van der Waals surface area contributed by atoms with Gasteiger partial charge in [-0.3, -0.25) is 9.69 Å². The van der Waals surface area contributed by atoms with Crippen LogP contribution in [0, 0.1) is 5.82 Å². The lowest BCUT2D eigenvalue weighted by Crippen LogP contribution is -2.49. The molecule has 0 spiro atoms. The zero-order valence-corrected chi connectivity index (χ0v) is 15.4. The molecule has 0 radical (unpaired) electrons. The first-order valence-electron chi connectivity index (χ1n) is 9.76. The van der Waals surface area contributed by atoms with Crippen molar-refractivity contribution in [2.75, 3.05) is 32.8 Å². The van der Waals surface area contributed by atoms with Crippen LogP contribution < -0.4 is 5.73 Å². The summed E-state index contributed by atoms with van der Waals surface area (Å²) in [5.74, 6) is 0.0179. The van der Waals surface area contributed by atoms with E-state index in [9.17, 15) is 9.18 Å². The molecule has 26 heavy (non-hydrogen) atoms. The zero-order valence-electron chi connectivity index (χ0n) is 15.4. The van der Waals surface area contributed by atoms with Crippen LogP contribution in [0.15, 0.2) is 24.3 Å². The molecule has 3 rings (SSSR count). The molecule has 1 amide bonds. The lowest BCUT2D eigenvalue weighted by atomic mass is 10.1. The smallest absolute Gasteiger partial charge is 0.239 e. The van der Waals surface area contributed by atoms with Crippen LogP contribution in [0.5, 0.6) is 0 Å². The second-order valence-corrected chi connectivity index (χ2v) is 7.29. The van der Waals surface area contributed by atoms with Crippen molar-refractivity contribution in [1.82, 2.24) is 9.80 Å². The maximum atomic E-state index is 13.1. The number of carbonyl (C=O) groups excluding carboxylic acids is 1. The van der Waals surface area contributed by atoms with Gasteiger partial charge in [-0.05, 0) is 62.9 Å². The topological polar surface area (TPSA) is 58.8 Å². The van der Waals surface area contributed by atoms with E-state index in [1.807, 2.05) is 4.90 Å². The third-order valence-corrected chi connectivity index (χ3v) is 5.40. The van der Waals surface area contributed by atoms with Crippen molar-refractivity contribution in [3.8, 4) is 0 Å². The summed E-state index contributed by atoms with van der Waals surface area (Å²) >= 11 is 0. The number of hydrogen-bond acceptors (Lipinski definition) is 4. The Morgan fingerprint density at radius 1 is 1.15 bits per heavy atom. The first kappa shape index (κ1) is 19.3. The van der Waals surface area contributed by atoms with Gasteiger partial charge in [-0.25, -0.2) is 4.39 Å². The molecule has 6 heteroatoms. The Balaban J connectivity index is 1.50. The van der Waals surface area contributed by atoms with Crippen LogP contribution in [-0.2, 0) is 16.1 Å². The minimum atomic E-state index is -0.223. The lowest BCUT2D eigenvalue weighted by molar-refractivity contribution is -0.138. The van der Waals surface area contributed by atoms with E-state index in [-0.39, 0.29) is 23.9 Å². The zero-order chi connectivity index (χ0) is 18.4. The number of ether oxygens (including phenoxy) is 1. The van der Waals surface area contributed by atoms with E-state index in [4.69, 9.17) is 10.5 Å². The monoisotopic (exact) mass is 363 g/mol. The Hall–Kier alpha value is -1.50. The number of nitrogens with zero attached hydrogens (tertiary/aromatic N) is 2. The van der Waals surface area contributed by atoms with E-state index >= 15 is 0 Å². The van der Waals surface area contributed by atoms with Gasteiger partial charge in [0.1, 0.15) is 5.82 Å². The van der Waals surface area contributed by atoms with Gasteiger partial charge < -0.3 is 15.4 Å². The van der Waals surface area contributed by atoms with Crippen LogP contribution >= 0.6 is 0 Å². The number of rotatable bonds is 7. The fourth-order valence-electron chi connectivity index (χ4n) is 3.91. The Kier molecular flexibility index (Phi) is 7.00. The largest absolute Gasteiger partial charge is 0.378 e. The summed E-state index contributed by atoms with van der Waals surface area (Å²) < 4.78 is 18.9. The van der Waals surface area contributed by atoms with Crippen molar-refractivity contribution in [2.24, 2.45) is 5.73 Å². The molecule has 1 atom stereocenters. The van der Waals surface area contributed by atoms with Gasteiger partial charge in [-0.1, -0.05) is 12.1 Å². The average molecular weight is 363 g/mol. The minimum Gasteiger partial charge on any atom is -0.378 e. The maximum absolute atomic E-state index is 13.1. The van der Waals surface area contributed by atoms with Crippen LogP contribution in [0.1, 0.15) is 37.7 Å². The summed E-state index contributed by atoms with van der Waals surface area (Å²) in [6, 6.07) is 6.53. The predicted molar refractivity (Wildman–Crippen MR) is 99.1 cm³/mol. The first-order chi connectivity index (χ1) is 12.7. The van der Waals surface area contributed by atoms with Gasteiger partial charge in [0.05, 0.1) is 12.1 Å². The van der Waals surface area contributed by atoms with E-state index in [0.717, 1.165) is 57.3 Å². The number of hydrogen-bond donors (Lipinski definition) is 1. The molecule has 0 bridgehead atoms. The standard InChI is InChI=1S/C20H30FN3O2/c21-17-6-4-16(5-7-17)15-24-11-1-3-19(24)20(25)23-12-8-18(9-13-23)26-14-2-10-22/h4-7,18-19H,1-3,8-15,22H2. The van der Waals surface area contributed by atoms with Crippen molar-refractivity contribution in [3.05, 3.63) is 35.6 Å². The predicted octanol–water partition coefficient (Wildman–Crippen LogP) is 2.15. The van der Waals surface area contributed by atoms with Crippen molar-refractivity contribution in [1.29, 1.82) is 0 Å². The third kappa shape index (κ3) is 5.02. The normalized spacial score (nSPS) is 22.1. The number of carbonyl (C=O) groups is 1. The molecular weight excluding hydrogens is 333 g/mol. The van der Waals surface area contributed by atoms with E-state index < -0.39 is 0 Å². The fourth-order valence-corrected chi connectivity index (χ4v) is 3.91. The van der Waals surface area contributed by atoms with Gasteiger partial charge in [-0.2, -0.15) is 0 Å². The second-order valence-electron chi connectivity index (χ2n) is 7.29. The van der Waals surface area contributed by atoms with Gasteiger partial charge in [0.2, 0.25) is 5.91 Å². The summed E-state index contributed by atoms with van der Waals surface area (Å²) in [5.41, 5.74) is 6.55. The number of halogens is 1. The van der Waals surface area contributed by atoms with Gasteiger partial charge in [0.25, 0.3) is 0 Å². The Morgan fingerprint density at radius 2 is 1.88 bits per heavy atom. The minimum absolute atomic E-state index is 0.0465. The molecule has 2 N–H and O–H groups in total. The fraction of sp³-hybridized carbons (Fsp3) is 0.650. The molecule has 2 saturated heterocycles. The summed E-state index contributed by atoms with van der Waals surface area (Å²) in [5, 5.41) is 0. The number of nitrogens with two attached hydrogens (primary N) is 1. The highest BCUT2D eigenvalue weighted by Gasteiger charge is 2.35. The third-order valence-electron chi connectivity index (χ3n) is 5.40. The number of likely N-dealkylation sites (tertiary alicyclic amines) is 2. The molecule has 5 nitrogen and oxygen atoms in total. The highest BCUT2D eigenvalue weighted by Crippen LogP contribution is 2.24. The molecule has 1 unspecified atom stereocenters. The summed E-state index contributed by atoms with van der Waals surface area (Å²) in [6.45, 7) is 4.54. The van der Waals surface area contributed by atoms with Gasteiger partial charge >= 0.3 is 0 Å². The number of piperidine rings is 1. The summed E-state index contributed by atoms with van der Waals surface area (Å²) in [7, 11) is 0. The Labute approximate surface area is 155 Å². The van der Waals surface area contributed by atoms with E-state index in [1.54, 1.807) is 12.1 Å². The van der Waals surface area contributed by atoms with Crippen molar-refractivity contribution >= 4 is 5.91 Å². The highest BCUT2D eigenvalue weighted by atomic mass is 19.1. The van der Waals surface area contributed by atoms with Crippen molar-refractivity contribution in [2.45, 2.75) is 50.8 Å². The van der Waals surface area contributed by atoms with Crippen LogP contribution in [0.4, 0.5) is 4.39 Å². The maximum Gasteiger partial charge on any atom is 0.239 e. The molecule has 2 fully saturated rings. The molecule has 0 saturated carbocycles. The summed E-state index contributed by atoms with van der Waals surface area (Å²) in [6.07, 6.45) is 4.90.